The van der Waals surface area contributed by atoms with E-state index in [2.05, 4.69) is 10.5 Å². The summed E-state index contributed by atoms with van der Waals surface area (Å²) in [4.78, 5) is 12.1. The Morgan fingerprint density at radius 3 is 2.50 bits per heavy atom. The maximum Gasteiger partial charge on any atom is 0.271 e. The molecule has 0 aliphatic rings. The molecule has 1 amide bonds. The molecule has 0 radical (unpaired) electrons. The molecule has 130 valence electrons. The number of benzene rings is 3. The summed E-state index contributed by atoms with van der Waals surface area (Å²) in [5, 5.41) is 4.00. The molecule has 0 spiro atoms. The van der Waals surface area contributed by atoms with Gasteiger partial charge in [-0.15, -0.1) is 0 Å². The molecule has 0 heterocycles. The molecule has 0 unspecified atom stereocenters. The molecule has 0 bridgehead atoms. The van der Waals surface area contributed by atoms with Crippen molar-refractivity contribution in [1.82, 2.24) is 5.43 Å². The Bertz CT molecular complexity index is 888. The SMILES string of the molecule is Cc1cccc(/C=N/NC(=O)c2ccc(OCc3ccccc3)cc2)c1. The minimum Gasteiger partial charge on any atom is -0.489 e. The first-order chi connectivity index (χ1) is 12.7. The number of nitrogens with zero attached hydrogens (tertiary/aromatic N) is 1. The van der Waals surface area contributed by atoms with E-state index in [1.807, 2.05) is 61.5 Å². The number of hydrogen-bond donors (Lipinski definition) is 1. The van der Waals surface area contributed by atoms with Crippen LogP contribution in [0.25, 0.3) is 0 Å². The average Bonchev–Trinajstić information content (AvgIpc) is 2.67. The van der Waals surface area contributed by atoms with Crippen molar-refractivity contribution in [2.24, 2.45) is 5.10 Å². The van der Waals surface area contributed by atoms with Crippen molar-refractivity contribution < 1.29 is 9.53 Å². The number of aryl methyl sites for hydroxylation is 1. The number of hydrazone groups is 1. The molecule has 3 aromatic rings. The van der Waals surface area contributed by atoms with Gasteiger partial charge in [0.15, 0.2) is 0 Å². The van der Waals surface area contributed by atoms with Crippen LogP contribution in [0.1, 0.15) is 27.0 Å². The van der Waals surface area contributed by atoms with Crippen molar-refractivity contribution in [3.05, 3.63) is 101 Å². The molecule has 0 fully saturated rings. The zero-order valence-electron chi connectivity index (χ0n) is 14.6. The van der Waals surface area contributed by atoms with Gasteiger partial charge in [-0.25, -0.2) is 5.43 Å². The highest BCUT2D eigenvalue weighted by atomic mass is 16.5. The summed E-state index contributed by atoms with van der Waals surface area (Å²) in [7, 11) is 0. The van der Waals surface area contributed by atoms with Gasteiger partial charge in [0.1, 0.15) is 12.4 Å². The number of carbonyl (C=O) groups is 1. The molecule has 0 atom stereocenters. The third kappa shape index (κ3) is 5.05. The molecule has 0 aliphatic heterocycles. The maximum absolute atomic E-state index is 12.1. The standard InChI is InChI=1S/C22H20N2O2/c1-17-6-5-9-19(14-17)15-23-24-22(25)20-10-12-21(13-11-20)26-16-18-7-3-2-4-8-18/h2-15H,16H2,1H3,(H,24,25)/b23-15+. The van der Waals surface area contributed by atoms with E-state index in [0.29, 0.717) is 17.9 Å². The van der Waals surface area contributed by atoms with E-state index in [4.69, 9.17) is 4.74 Å². The molecular weight excluding hydrogens is 324 g/mol. The lowest BCUT2D eigenvalue weighted by Gasteiger charge is -2.07. The van der Waals surface area contributed by atoms with Gasteiger partial charge in [-0.1, -0.05) is 60.2 Å². The van der Waals surface area contributed by atoms with Crippen molar-refractivity contribution in [1.29, 1.82) is 0 Å². The van der Waals surface area contributed by atoms with Crippen LogP contribution < -0.4 is 10.2 Å². The van der Waals surface area contributed by atoms with Gasteiger partial charge in [0.25, 0.3) is 5.91 Å². The van der Waals surface area contributed by atoms with Crippen LogP contribution in [0.5, 0.6) is 5.75 Å². The highest BCUT2D eigenvalue weighted by Crippen LogP contribution is 2.14. The Kier molecular flexibility index (Phi) is 5.78. The van der Waals surface area contributed by atoms with Gasteiger partial charge in [0, 0.05) is 5.56 Å². The van der Waals surface area contributed by atoms with Crippen molar-refractivity contribution in [3.63, 3.8) is 0 Å². The molecule has 3 rings (SSSR count). The van der Waals surface area contributed by atoms with E-state index in [1.165, 1.54) is 0 Å². The van der Waals surface area contributed by atoms with Crippen LogP contribution in [0.2, 0.25) is 0 Å². The Balaban J connectivity index is 1.53. The second kappa shape index (κ2) is 8.62. The first kappa shape index (κ1) is 17.4. The van der Waals surface area contributed by atoms with Gasteiger partial charge in [0.2, 0.25) is 0 Å². The van der Waals surface area contributed by atoms with E-state index in [-0.39, 0.29) is 5.91 Å². The fourth-order valence-corrected chi connectivity index (χ4v) is 2.42. The van der Waals surface area contributed by atoms with E-state index in [0.717, 1.165) is 16.7 Å². The van der Waals surface area contributed by atoms with Crippen LogP contribution in [0.4, 0.5) is 0 Å². The highest BCUT2D eigenvalue weighted by Gasteiger charge is 2.04. The average molecular weight is 344 g/mol. The lowest BCUT2D eigenvalue weighted by Crippen LogP contribution is -2.17. The number of carbonyl (C=O) groups excluding carboxylic acids is 1. The molecular formula is C22H20N2O2. The molecule has 0 saturated heterocycles. The number of ether oxygens (including phenoxy) is 1. The Morgan fingerprint density at radius 1 is 1.00 bits per heavy atom. The minimum atomic E-state index is -0.261. The third-order valence-electron chi connectivity index (χ3n) is 3.79. The molecule has 0 aliphatic carbocycles. The second-order valence-corrected chi connectivity index (χ2v) is 5.91. The van der Waals surface area contributed by atoms with E-state index >= 15 is 0 Å². The fourth-order valence-electron chi connectivity index (χ4n) is 2.42. The Morgan fingerprint density at radius 2 is 1.77 bits per heavy atom. The summed E-state index contributed by atoms with van der Waals surface area (Å²) in [5.74, 6) is 0.456. The molecule has 4 heteroatoms. The number of rotatable bonds is 6. The monoisotopic (exact) mass is 344 g/mol. The van der Waals surface area contributed by atoms with E-state index in [1.54, 1.807) is 30.5 Å². The Labute approximate surface area is 153 Å². The first-order valence-electron chi connectivity index (χ1n) is 8.37. The van der Waals surface area contributed by atoms with Crippen LogP contribution in [-0.2, 0) is 6.61 Å². The normalized spacial score (nSPS) is 10.7. The zero-order valence-corrected chi connectivity index (χ0v) is 14.6. The van der Waals surface area contributed by atoms with Crippen LogP contribution in [0.3, 0.4) is 0 Å². The summed E-state index contributed by atoms with van der Waals surface area (Å²) in [6.45, 7) is 2.50. The topological polar surface area (TPSA) is 50.7 Å². The molecule has 26 heavy (non-hydrogen) atoms. The van der Waals surface area contributed by atoms with Crippen LogP contribution >= 0.6 is 0 Å². The van der Waals surface area contributed by atoms with Gasteiger partial charge in [-0.2, -0.15) is 5.10 Å². The predicted molar refractivity (Wildman–Crippen MR) is 103 cm³/mol. The van der Waals surface area contributed by atoms with Crippen LogP contribution in [-0.4, -0.2) is 12.1 Å². The van der Waals surface area contributed by atoms with Crippen LogP contribution in [0, 0.1) is 6.92 Å². The smallest absolute Gasteiger partial charge is 0.271 e. The van der Waals surface area contributed by atoms with Crippen LogP contribution in [0.15, 0.2) is 84.0 Å². The lowest BCUT2D eigenvalue weighted by atomic mass is 10.2. The van der Waals surface area contributed by atoms with Gasteiger partial charge in [0.05, 0.1) is 6.21 Å². The van der Waals surface area contributed by atoms with Gasteiger partial charge in [-0.05, 0) is 42.3 Å². The van der Waals surface area contributed by atoms with Gasteiger partial charge in [-0.3, -0.25) is 4.79 Å². The number of hydrogen-bond acceptors (Lipinski definition) is 3. The van der Waals surface area contributed by atoms with E-state index in [9.17, 15) is 4.79 Å². The minimum absolute atomic E-state index is 0.261. The summed E-state index contributed by atoms with van der Waals surface area (Å²) in [5.41, 5.74) is 6.24. The quantitative estimate of drug-likeness (QED) is 0.534. The summed E-state index contributed by atoms with van der Waals surface area (Å²) in [6.07, 6.45) is 1.63. The summed E-state index contributed by atoms with van der Waals surface area (Å²) >= 11 is 0. The zero-order chi connectivity index (χ0) is 18.2. The van der Waals surface area contributed by atoms with Crippen molar-refractivity contribution in [2.45, 2.75) is 13.5 Å². The predicted octanol–water partition coefficient (Wildman–Crippen LogP) is 4.34. The number of amides is 1. The molecule has 0 saturated carbocycles. The molecule has 3 aromatic carbocycles. The van der Waals surface area contributed by atoms with Crippen molar-refractivity contribution >= 4 is 12.1 Å². The Hall–Kier alpha value is -3.40. The van der Waals surface area contributed by atoms with Crippen molar-refractivity contribution in [2.75, 3.05) is 0 Å². The molecule has 4 nitrogen and oxygen atoms in total. The van der Waals surface area contributed by atoms with Gasteiger partial charge >= 0.3 is 0 Å². The number of nitrogens with one attached hydrogen (secondary N) is 1. The van der Waals surface area contributed by atoms with E-state index < -0.39 is 0 Å². The highest BCUT2D eigenvalue weighted by molar-refractivity contribution is 5.95. The van der Waals surface area contributed by atoms with Gasteiger partial charge < -0.3 is 4.74 Å². The lowest BCUT2D eigenvalue weighted by molar-refractivity contribution is 0.0955. The third-order valence-corrected chi connectivity index (χ3v) is 3.79. The van der Waals surface area contributed by atoms with Crippen molar-refractivity contribution in [3.8, 4) is 5.75 Å². The summed E-state index contributed by atoms with van der Waals surface area (Å²) in [6, 6.07) is 24.8. The molecule has 0 aromatic heterocycles. The maximum atomic E-state index is 12.1. The summed E-state index contributed by atoms with van der Waals surface area (Å²) < 4.78 is 5.72. The largest absolute Gasteiger partial charge is 0.489 e. The fraction of sp³-hybridized carbons (Fsp3) is 0.0909. The first-order valence-corrected chi connectivity index (χ1v) is 8.37. The second-order valence-electron chi connectivity index (χ2n) is 5.91. The molecule has 1 N–H and O–H groups in total.